The zero-order valence-corrected chi connectivity index (χ0v) is 12.8. The van der Waals surface area contributed by atoms with Crippen LogP contribution in [0.2, 0.25) is 0 Å². The Morgan fingerprint density at radius 3 is 2.89 bits per heavy atom. The summed E-state index contributed by atoms with van der Waals surface area (Å²) in [7, 11) is 0. The molecule has 0 fully saturated rings. The number of aryl methyl sites for hydroxylation is 2. The average molecular weight is 310 g/mol. The number of nitrogens with zero attached hydrogens (tertiary/aromatic N) is 1. The molecule has 3 nitrogen and oxygen atoms in total. The van der Waals surface area contributed by atoms with Crippen molar-refractivity contribution in [2.24, 2.45) is 0 Å². The van der Waals surface area contributed by atoms with Crippen molar-refractivity contribution >= 4 is 27.0 Å². The second kappa shape index (κ2) is 5.85. The van der Waals surface area contributed by atoms with Crippen LogP contribution in [0, 0.1) is 6.92 Å². The molecule has 1 aromatic heterocycles. The quantitative estimate of drug-likeness (QED) is 0.829. The molecule has 2 N–H and O–H groups in total. The first-order valence-electron chi connectivity index (χ1n) is 6.44. The van der Waals surface area contributed by atoms with Crippen molar-refractivity contribution in [2.45, 2.75) is 39.7 Å². The van der Waals surface area contributed by atoms with Crippen molar-refractivity contribution in [3.8, 4) is 0 Å². The van der Waals surface area contributed by atoms with Crippen molar-refractivity contribution in [1.29, 1.82) is 0 Å². The zero-order valence-electron chi connectivity index (χ0n) is 11.2. The van der Waals surface area contributed by atoms with E-state index in [1.165, 1.54) is 5.56 Å². The molecule has 0 aliphatic carbocycles. The first-order chi connectivity index (χ1) is 8.56. The molecule has 0 atom stereocenters. The molecule has 0 aliphatic heterocycles. The standard InChI is InChI=1S/C14H20BrN3/c1-9(2)16-6-4-5-13-17-12-8-11(15)7-10(3)14(12)18-13/h7-9,16H,4-6H2,1-3H3,(H,17,18). The van der Waals surface area contributed by atoms with E-state index in [9.17, 15) is 0 Å². The van der Waals surface area contributed by atoms with Crippen molar-refractivity contribution < 1.29 is 0 Å². The highest BCUT2D eigenvalue weighted by Crippen LogP contribution is 2.22. The molecule has 0 bridgehead atoms. The molecule has 0 saturated carbocycles. The Morgan fingerprint density at radius 1 is 1.39 bits per heavy atom. The van der Waals surface area contributed by atoms with Gasteiger partial charge in [0.1, 0.15) is 5.82 Å². The Labute approximate surface area is 117 Å². The van der Waals surface area contributed by atoms with E-state index in [1.807, 2.05) is 0 Å². The molecule has 0 radical (unpaired) electrons. The number of fused-ring (bicyclic) bond motifs is 1. The molecule has 4 heteroatoms. The van der Waals surface area contributed by atoms with Gasteiger partial charge in [-0.2, -0.15) is 0 Å². The van der Waals surface area contributed by atoms with Crippen LogP contribution in [0.25, 0.3) is 11.0 Å². The number of hydrogen-bond acceptors (Lipinski definition) is 2. The molecular weight excluding hydrogens is 290 g/mol. The van der Waals surface area contributed by atoms with Gasteiger partial charge >= 0.3 is 0 Å². The second-order valence-electron chi connectivity index (χ2n) is 5.01. The Kier molecular flexibility index (Phi) is 4.40. The third-order valence-electron chi connectivity index (χ3n) is 2.93. The predicted octanol–water partition coefficient (Wildman–Crippen LogP) is 3.56. The summed E-state index contributed by atoms with van der Waals surface area (Å²) < 4.78 is 1.10. The van der Waals surface area contributed by atoms with Crippen LogP contribution in [0.5, 0.6) is 0 Å². The fraction of sp³-hybridized carbons (Fsp3) is 0.500. The summed E-state index contributed by atoms with van der Waals surface area (Å²) in [6.45, 7) is 7.47. The largest absolute Gasteiger partial charge is 0.342 e. The third kappa shape index (κ3) is 3.33. The number of aromatic amines is 1. The SMILES string of the molecule is Cc1cc(Br)cc2[nH]c(CCCNC(C)C)nc12. The van der Waals surface area contributed by atoms with E-state index in [2.05, 4.69) is 64.1 Å². The van der Waals surface area contributed by atoms with E-state index in [0.29, 0.717) is 6.04 Å². The molecule has 0 unspecified atom stereocenters. The number of H-pyrrole nitrogens is 1. The molecule has 0 saturated heterocycles. The van der Waals surface area contributed by atoms with Crippen LogP contribution in [0.1, 0.15) is 31.7 Å². The van der Waals surface area contributed by atoms with Gasteiger partial charge in [0.2, 0.25) is 0 Å². The molecule has 0 spiro atoms. The lowest BCUT2D eigenvalue weighted by Crippen LogP contribution is -2.24. The van der Waals surface area contributed by atoms with Gasteiger partial charge in [-0.1, -0.05) is 29.8 Å². The van der Waals surface area contributed by atoms with E-state index in [1.54, 1.807) is 0 Å². The van der Waals surface area contributed by atoms with Crippen LogP contribution < -0.4 is 5.32 Å². The minimum absolute atomic E-state index is 0.555. The van der Waals surface area contributed by atoms with Crippen molar-refractivity contribution in [2.75, 3.05) is 6.54 Å². The van der Waals surface area contributed by atoms with Gasteiger partial charge in [-0.3, -0.25) is 0 Å². The summed E-state index contributed by atoms with van der Waals surface area (Å²) >= 11 is 3.51. The number of halogens is 1. The van der Waals surface area contributed by atoms with Crippen LogP contribution in [-0.2, 0) is 6.42 Å². The normalized spacial score (nSPS) is 11.6. The van der Waals surface area contributed by atoms with Crippen molar-refractivity contribution in [3.05, 3.63) is 28.0 Å². The molecule has 98 valence electrons. The molecule has 1 heterocycles. The summed E-state index contributed by atoms with van der Waals surface area (Å²) in [6, 6.07) is 4.75. The molecule has 1 aromatic carbocycles. The Balaban J connectivity index is 2.04. The number of benzene rings is 1. The smallest absolute Gasteiger partial charge is 0.107 e. The maximum absolute atomic E-state index is 4.67. The maximum Gasteiger partial charge on any atom is 0.107 e. The fourth-order valence-corrected chi connectivity index (χ4v) is 2.63. The third-order valence-corrected chi connectivity index (χ3v) is 3.39. The number of nitrogens with one attached hydrogen (secondary N) is 2. The highest BCUT2D eigenvalue weighted by molar-refractivity contribution is 9.10. The summed E-state index contributed by atoms with van der Waals surface area (Å²) in [4.78, 5) is 8.06. The lowest BCUT2D eigenvalue weighted by atomic mass is 10.2. The van der Waals surface area contributed by atoms with E-state index >= 15 is 0 Å². The Bertz CT molecular complexity index is 531. The van der Waals surface area contributed by atoms with Gasteiger partial charge in [0, 0.05) is 16.9 Å². The van der Waals surface area contributed by atoms with Gasteiger partial charge < -0.3 is 10.3 Å². The van der Waals surface area contributed by atoms with Gasteiger partial charge in [-0.05, 0) is 37.6 Å². The minimum Gasteiger partial charge on any atom is -0.342 e. The molecular formula is C14H20BrN3. The summed E-state index contributed by atoms with van der Waals surface area (Å²) in [5.41, 5.74) is 3.42. The van der Waals surface area contributed by atoms with E-state index in [0.717, 1.165) is 40.7 Å². The van der Waals surface area contributed by atoms with Gasteiger partial charge in [0.25, 0.3) is 0 Å². The number of rotatable bonds is 5. The number of aromatic nitrogens is 2. The van der Waals surface area contributed by atoms with Crippen molar-refractivity contribution in [1.82, 2.24) is 15.3 Å². The topological polar surface area (TPSA) is 40.7 Å². The fourth-order valence-electron chi connectivity index (χ4n) is 2.06. The van der Waals surface area contributed by atoms with E-state index in [-0.39, 0.29) is 0 Å². The molecule has 0 aliphatic rings. The van der Waals surface area contributed by atoms with Crippen LogP contribution in [0.15, 0.2) is 16.6 Å². The van der Waals surface area contributed by atoms with Gasteiger partial charge in [-0.25, -0.2) is 4.98 Å². The highest BCUT2D eigenvalue weighted by atomic mass is 79.9. The zero-order chi connectivity index (χ0) is 13.1. The molecule has 2 rings (SSSR count). The summed E-state index contributed by atoms with van der Waals surface area (Å²) in [5, 5.41) is 3.42. The van der Waals surface area contributed by atoms with Crippen LogP contribution in [0.4, 0.5) is 0 Å². The summed E-state index contributed by atoms with van der Waals surface area (Å²) in [6.07, 6.45) is 2.10. The van der Waals surface area contributed by atoms with Crippen molar-refractivity contribution in [3.63, 3.8) is 0 Å². The summed E-state index contributed by atoms with van der Waals surface area (Å²) in [5.74, 6) is 1.08. The first kappa shape index (κ1) is 13.6. The number of imidazole rings is 1. The van der Waals surface area contributed by atoms with Crippen LogP contribution >= 0.6 is 15.9 Å². The Hall–Kier alpha value is -0.870. The van der Waals surface area contributed by atoms with E-state index in [4.69, 9.17) is 0 Å². The van der Waals surface area contributed by atoms with Gasteiger partial charge in [-0.15, -0.1) is 0 Å². The first-order valence-corrected chi connectivity index (χ1v) is 7.23. The maximum atomic E-state index is 4.67. The van der Waals surface area contributed by atoms with Gasteiger partial charge in [0.15, 0.2) is 0 Å². The molecule has 18 heavy (non-hydrogen) atoms. The molecule has 2 aromatic rings. The van der Waals surface area contributed by atoms with Crippen LogP contribution in [0.3, 0.4) is 0 Å². The average Bonchev–Trinajstić information content (AvgIpc) is 2.67. The lowest BCUT2D eigenvalue weighted by Gasteiger charge is -2.06. The van der Waals surface area contributed by atoms with Crippen LogP contribution in [-0.4, -0.2) is 22.6 Å². The highest BCUT2D eigenvalue weighted by Gasteiger charge is 2.06. The molecule has 0 amide bonds. The van der Waals surface area contributed by atoms with E-state index < -0.39 is 0 Å². The minimum atomic E-state index is 0.555. The number of hydrogen-bond donors (Lipinski definition) is 2. The Morgan fingerprint density at radius 2 is 2.17 bits per heavy atom. The second-order valence-corrected chi connectivity index (χ2v) is 5.93. The monoisotopic (exact) mass is 309 g/mol. The lowest BCUT2D eigenvalue weighted by molar-refractivity contribution is 0.567. The van der Waals surface area contributed by atoms with Gasteiger partial charge in [0.05, 0.1) is 11.0 Å². The predicted molar refractivity (Wildman–Crippen MR) is 80.0 cm³/mol.